The lowest BCUT2D eigenvalue weighted by Gasteiger charge is -2.12. The summed E-state index contributed by atoms with van der Waals surface area (Å²) < 4.78 is 1.48. The molecule has 2 amide bonds. The number of carbonyl (C=O) groups is 2. The predicted octanol–water partition coefficient (Wildman–Crippen LogP) is 4.05. The fourth-order valence-corrected chi connectivity index (χ4v) is 3.65. The molecule has 4 rings (SSSR count). The van der Waals surface area contributed by atoms with Crippen molar-refractivity contribution in [3.05, 3.63) is 77.0 Å². The Labute approximate surface area is 190 Å². The Kier molecular flexibility index (Phi) is 5.87. The molecule has 0 aliphatic carbocycles. The summed E-state index contributed by atoms with van der Waals surface area (Å²) >= 11 is 0. The Morgan fingerprint density at radius 3 is 2.52 bits per heavy atom. The molecule has 2 N–H and O–H groups in total. The van der Waals surface area contributed by atoms with E-state index in [1.54, 1.807) is 24.3 Å². The van der Waals surface area contributed by atoms with Crippen LogP contribution in [-0.2, 0) is 16.0 Å². The number of para-hydroxylation sites is 1. The van der Waals surface area contributed by atoms with Crippen molar-refractivity contribution in [2.24, 2.45) is 0 Å². The number of nitrogens with one attached hydrogen (secondary N) is 2. The van der Waals surface area contributed by atoms with E-state index in [0.29, 0.717) is 11.5 Å². The second-order valence-electron chi connectivity index (χ2n) is 7.80. The highest BCUT2D eigenvalue weighted by molar-refractivity contribution is 5.93. The monoisotopic (exact) mass is 438 g/mol. The van der Waals surface area contributed by atoms with E-state index in [0.717, 1.165) is 27.6 Å². The van der Waals surface area contributed by atoms with Crippen molar-refractivity contribution in [3.8, 4) is 11.9 Å². The smallest absolute Gasteiger partial charge is 0.229 e. The molecule has 0 saturated carbocycles. The molecule has 4 aromatic rings. The Balaban J connectivity index is 1.62. The molecule has 0 saturated heterocycles. The number of hydrogen-bond donors (Lipinski definition) is 2. The van der Waals surface area contributed by atoms with Crippen LogP contribution in [0, 0.1) is 25.2 Å². The maximum atomic E-state index is 12.8. The van der Waals surface area contributed by atoms with E-state index in [2.05, 4.69) is 21.8 Å². The summed E-state index contributed by atoms with van der Waals surface area (Å²) in [5.41, 5.74) is 4.56. The van der Waals surface area contributed by atoms with Gasteiger partial charge in [-0.25, -0.2) is 4.98 Å². The third kappa shape index (κ3) is 4.57. The van der Waals surface area contributed by atoms with E-state index in [1.165, 1.54) is 17.8 Å². The van der Waals surface area contributed by atoms with Crippen LogP contribution < -0.4 is 10.6 Å². The number of amides is 2. The lowest BCUT2D eigenvalue weighted by molar-refractivity contribution is -0.116. The molecule has 0 aliphatic rings. The van der Waals surface area contributed by atoms with Gasteiger partial charge in [0.2, 0.25) is 11.8 Å². The molecule has 2 aromatic carbocycles. The van der Waals surface area contributed by atoms with Gasteiger partial charge >= 0.3 is 0 Å². The van der Waals surface area contributed by atoms with Gasteiger partial charge in [0.25, 0.3) is 0 Å². The van der Waals surface area contributed by atoms with Gasteiger partial charge in [0.05, 0.1) is 18.1 Å². The van der Waals surface area contributed by atoms with Gasteiger partial charge < -0.3 is 10.6 Å². The first kappa shape index (κ1) is 21.7. The molecular weight excluding hydrogens is 416 g/mol. The van der Waals surface area contributed by atoms with Gasteiger partial charge in [-0.05, 0) is 48.7 Å². The van der Waals surface area contributed by atoms with Crippen molar-refractivity contribution < 1.29 is 9.59 Å². The highest BCUT2D eigenvalue weighted by Gasteiger charge is 2.17. The zero-order valence-corrected chi connectivity index (χ0v) is 18.5. The Hall–Kier alpha value is -4.51. The first-order valence-corrected chi connectivity index (χ1v) is 10.4. The Morgan fingerprint density at radius 1 is 1.06 bits per heavy atom. The van der Waals surface area contributed by atoms with Crippen molar-refractivity contribution in [1.29, 1.82) is 5.26 Å². The third-order valence-electron chi connectivity index (χ3n) is 5.24. The van der Waals surface area contributed by atoms with Crippen LogP contribution in [0.3, 0.4) is 0 Å². The number of nitriles is 1. The number of fused-ring (bicyclic) bond motifs is 1. The van der Waals surface area contributed by atoms with Gasteiger partial charge in [-0.3, -0.25) is 9.59 Å². The minimum Gasteiger partial charge on any atom is -0.326 e. The number of carbonyl (C=O) groups excluding carboxylic acids is 2. The zero-order valence-electron chi connectivity index (χ0n) is 18.5. The minimum atomic E-state index is -0.297. The van der Waals surface area contributed by atoms with Crippen LogP contribution in [0.25, 0.3) is 16.7 Å². The standard InChI is InChI=1S/C25H22N6O2/c1-15-5-4-6-21-16(2)11-22(29-24(15)21)31-25(19(13-26)14-27-31)30-23(33)12-18-7-9-20(10-8-18)28-17(3)32/h4-11,14H,12H2,1-3H3,(H,28,32)(H,30,33). The Morgan fingerprint density at radius 2 is 1.82 bits per heavy atom. The molecule has 0 unspecified atom stereocenters. The molecular formula is C25H22N6O2. The molecule has 8 heteroatoms. The van der Waals surface area contributed by atoms with Crippen molar-refractivity contribution >= 4 is 34.2 Å². The highest BCUT2D eigenvalue weighted by atomic mass is 16.2. The van der Waals surface area contributed by atoms with Gasteiger partial charge in [-0.2, -0.15) is 15.0 Å². The fourth-order valence-electron chi connectivity index (χ4n) is 3.65. The second kappa shape index (κ2) is 8.93. The first-order chi connectivity index (χ1) is 15.9. The molecule has 0 spiro atoms. The summed E-state index contributed by atoms with van der Waals surface area (Å²) in [4.78, 5) is 28.7. The average molecular weight is 438 g/mol. The summed E-state index contributed by atoms with van der Waals surface area (Å²) in [6, 6.07) is 17.0. The van der Waals surface area contributed by atoms with Crippen LogP contribution in [0.2, 0.25) is 0 Å². The van der Waals surface area contributed by atoms with Gasteiger partial charge in [-0.15, -0.1) is 0 Å². The normalized spacial score (nSPS) is 10.6. The average Bonchev–Trinajstić information content (AvgIpc) is 3.17. The minimum absolute atomic E-state index is 0.0969. The number of benzene rings is 2. The SMILES string of the molecule is CC(=O)Nc1ccc(CC(=O)Nc2c(C#N)cnn2-c2cc(C)c3cccc(C)c3n2)cc1. The molecule has 0 radical (unpaired) electrons. The summed E-state index contributed by atoms with van der Waals surface area (Å²) in [5.74, 6) is 0.336. The van der Waals surface area contributed by atoms with Gasteiger partial charge in [-0.1, -0.05) is 30.3 Å². The molecule has 8 nitrogen and oxygen atoms in total. The summed E-state index contributed by atoms with van der Waals surface area (Å²) in [6.07, 6.45) is 1.51. The van der Waals surface area contributed by atoms with E-state index < -0.39 is 0 Å². The molecule has 0 bridgehead atoms. The maximum absolute atomic E-state index is 12.8. The van der Waals surface area contributed by atoms with Gasteiger partial charge in [0.15, 0.2) is 11.6 Å². The molecule has 33 heavy (non-hydrogen) atoms. The van der Waals surface area contributed by atoms with Crippen LogP contribution in [0.5, 0.6) is 0 Å². The van der Waals surface area contributed by atoms with Gasteiger partial charge in [0.1, 0.15) is 11.6 Å². The van der Waals surface area contributed by atoms with E-state index >= 15 is 0 Å². The fraction of sp³-hybridized carbons (Fsp3) is 0.160. The highest BCUT2D eigenvalue weighted by Crippen LogP contribution is 2.25. The van der Waals surface area contributed by atoms with Gasteiger partial charge in [0, 0.05) is 18.0 Å². The van der Waals surface area contributed by atoms with Crippen molar-refractivity contribution in [3.63, 3.8) is 0 Å². The quantitative estimate of drug-likeness (QED) is 0.488. The number of nitrogens with zero attached hydrogens (tertiary/aromatic N) is 4. The lowest BCUT2D eigenvalue weighted by Crippen LogP contribution is -2.18. The number of aryl methyl sites for hydroxylation is 2. The van der Waals surface area contributed by atoms with E-state index in [4.69, 9.17) is 4.98 Å². The zero-order chi connectivity index (χ0) is 23.5. The maximum Gasteiger partial charge on any atom is 0.229 e. The molecule has 164 valence electrons. The number of rotatable bonds is 5. The van der Waals surface area contributed by atoms with Crippen molar-refractivity contribution in [2.75, 3.05) is 10.6 Å². The number of anilines is 2. The van der Waals surface area contributed by atoms with E-state index in [9.17, 15) is 14.9 Å². The Bertz CT molecular complexity index is 1410. The lowest BCUT2D eigenvalue weighted by atomic mass is 10.1. The molecule has 0 aliphatic heterocycles. The van der Waals surface area contributed by atoms with Crippen molar-refractivity contribution in [2.45, 2.75) is 27.2 Å². The largest absolute Gasteiger partial charge is 0.326 e. The topological polar surface area (TPSA) is 113 Å². The number of pyridine rings is 1. The number of aromatic nitrogens is 3. The molecule has 2 heterocycles. The number of hydrogen-bond acceptors (Lipinski definition) is 5. The summed E-state index contributed by atoms with van der Waals surface area (Å²) in [7, 11) is 0. The van der Waals surface area contributed by atoms with E-state index in [1.807, 2.05) is 38.1 Å². The first-order valence-electron chi connectivity index (χ1n) is 10.4. The van der Waals surface area contributed by atoms with Crippen LogP contribution in [-0.4, -0.2) is 26.6 Å². The molecule has 2 aromatic heterocycles. The third-order valence-corrected chi connectivity index (χ3v) is 5.24. The molecule has 0 fully saturated rings. The van der Waals surface area contributed by atoms with Crippen molar-refractivity contribution in [1.82, 2.24) is 14.8 Å². The van der Waals surface area contributed by atoms with Crippen LogP contribution in [0.4, 0.5) is 11.5 Å². The molecule has 0 atom stereocenters. The van der Waals surface area contributed by atoms with E-state index in [-0.39, 0.29) is 29.6 Å². The van der Waals surface area contributed by atoms with Crippen LogP contribution in [0.15, 0.2) is 54.7 Å². The summed E-state index contributed by atoms with van der Waals surface area (Å²) in [5, 5.41) is 20.4. The van der Waals surface area contributed by atoms with Crippen LogP contribution >= 0.6 is 0 Å². The van der Waals surface area contributed by atoms with Crippen LogP contribution in [0.1, 0.15) is 29.2 Å². The predicted molar refractivity (Wildman–Crippen MR) is 126 cm³/mol. The second-order valence-corrected chi connectivity index (χ2v) is 7.80. The summed E-state index contributed by atoms with van der Waals surface area (Å²) in [6.45, 7) is 5.41.